The summed E-state index contributed by atoms with van der Waals surface area (Å²) in [7, 11) is 0. The van der Waals surface area contributed by atoms with Crippen LogP contribution in [-0.2, 0) is 17.6 Å². The fourth-order valence-electron chi connectivity index (χ4n) is 3.85. The van der Waals surface area contributed by atoms with Crippen molar-refractivity contribution in [2.45, 2.75) is 32.6 Å². The fourth-order valence-corrected chi connectivity index (χ4v) is 3.85. The van der Waals surface area contributed by atoms with E-state index >= 15 is 0 Å². The Hall–Kier alpha value is -2.55. The van der Waals surface area contributed by atoms with Crippen LogP contribution in [0.4, 0.5) is 5.69 Å². The number of fused-ring (bicyclic) bond motifs is 2. The lowest BCUT2D eigenvalue weighted by Gasteiger charge is -2.15. The molecule has 0 saturated carbocycles. The van der Waals surface area contributed by atoms with Crippen molar-refractivity contribution in [2.75, 3.05) is 11.4 Å². The Morgan fingerprint density at radius 2 is 1.79 bits per heavy atom. The molecule has 1 atom stereocenters. The highest BCUT2D eigenvalue weighted by molar-refractivity contribution is 6.05. The number of nitrogens with zero attached hydrogens (tertiary/aromatic N) is 1. The summed E-state index contributed by atoms with van der Waals surface area (Å²) in [5, 5.41) is 1.13. The van der Waals surface area contributed by atoms with Crippen molar-refractivity contribution in [1.82, 2.24) is 0 Å². The second-order valence-electron chi connectivity index (χ2n) is 6.25. The molecule has 4 rings (SSSR count). The summed E-state index contributed by atoms with van der Waals surface area (Å²) in [6, 6.07) is 16.3. The van der Waals surface area contributed by atoms with Gasteiger partial charge < -0.3 is 9.32 Å². The number of likely N-dealkylation sites (N-methyl/N-ethyl adjacent to an activating group) is 1. The molecule has 3 aromatic rings. The minimum Gasteiger partial charge on any atom is -0.461 e. The molecule has 2 heterocycles. The first-order valence-electron chi connectivity index (χ1n) is 8.64. The predicted molar refractivity (Wildman–Crippen MR) is 96.5 cm³/mol. The smallest absolute Gasteiger partial charge is 0.234 e. The summed E-state index contributed by atoms with van der Waals surface area (Å²) in [4.78, 5) is 14.8. The zero-order valence-corrected chi connectivity index (χ0v) is 14.1. The van der Waals surface area contributed by atoms with Crippen molar-refractivity contribution in [3.8, 4) is 0 Å². The Kier molecular flexibility index (Phi) is 3.64. The van der Waals surface area contributed by atoms with Crippen molar-refractivity contribution >= 4 is 22.6 Å². The van der Waals surface area contributed by atoms with Gasteiger partial charge in [0.05, 0.1) is 5.92 Å². The maximum Gasteiger partial charge on any atom is 0.234 e. The van der Waals surface area contributed by atoms with Crippen LogP contribution in [0, 0.1) is 0 Å². The van der Waals surface area contributed by atoms with Crippen molar-refractivity contribution in [3.63, 3.8) is 0 Å². The van der Waals surface area contributed by atoms with Gasteiger partial charge in [0.1, 0.15) is 11.3 Å². The van der Waals surface area contributed by atoms with Crippen LogP contribution in [0.3, 0.4) is 0 Å². The quantitative estimate of drug-likeness (QED) is 0.699. The Balaban J connectivity index is 1.80. The number of furan rings is 1. The molecule has 0 unspecified atom stereocenters. The molecule has 122 valence electrons. The standard InChI is InChI=1S/C21H21NO2/c1-3-19-16(15-10-6-8-12-20(15)24-19)13-17-14-9-5-7-11-18(14)22(4-2)21(17)23/h5-12,17H,3-4,13H2,1-2H3/t17-/m0/s1. The molecular weight excluding hydrogens is 298 g/mol. The molecule has 0 saturated heterocycles. The SMILES string of the molecule is CCc1oc2ccccc2c1C[C@@H]1C(=O)N(CC)c2ccccc21. The molecule has 0 radical (unpaired) electrons. The first-order valence-corrected chi connectivity index (χ1v) is 8.64. The maximum absolute atomic E-state index is 13.0. The molecule has 0 spiro atoms. The van der Waals surface area contributed by atoms with Gasteiger partial charge in [-0.25, -0.2) is 0 Å². The van der Waals surface area contributed by atoms with Crippen molar-refractivity contribution in [3.05, 3.63) is 65.4 Å². The van der Waals surface area contributed by atoms with Crippen molar-refractivity contribution in [1.29, 1.82) is 0 Å². The molecule has 1 amide bonds. The third-order valence-corrected chi connectivity index (χ3v) is 4.99. The van der Waals surface area contributed by atoms with Gasteiger partial charge in [-0.15, -0.1) is 0 Å². The van der Waals surface area contributed by atoms with Crippen LogP contribution < -0.4 is 4.90 Å². The Morgan fingerprint density at radius 1 is 1.04 bits per heavy atom. The van der Waals surface area contributed by atoms with Crippen LogP contribution in [0.1, 0.15) is 36.7 Å². The number of anilines is 1. The number of carbonyl (C=O) groups excluding carboxylic acids is 1. The van der Waals surface area contributed by atoms with Gasteiger partial charge in [-0.3, -0.25) is 4.79 Å². The highest BCUT2D eigenvalue weighted by atomic mass is 16.3. The number of para-hydroxylation sites is 2. The molecule has 0 N–H and O–H groups in total. The third kappa shape index (κ3) is 2.15. The van der Waals surface area contributed by atoms with Crippen LogP contribution in [0.25, 0.3) is 11.0 Å². The van der Waals surface area contributed by atoms with Crippen LogP contribution >= 0.6 is 0 Å². The van der Waals surface area contributed by atoms with Crippen LogP contribution in [-0.4, -0.2) is 12.5 Å². The average Bonchev–Trinajstić information content (AvgIpc) is 3.11. The molecule has 24 heavy (non-hydrogen) atoms. The van der Waals surface area contributed by atoms with Crippen molar-refractivity contribution in [2.24, 2.45) is 0 Å². The number of hydrogen-bond donors (Lipinski definition) is 0. The summed E-state index contributed by atoms with van der Waals surface area (Å²) < 4.78 is 6.01. The summed E-state index contributed by atoms with van der Waals surface area (Å²) in [5.41, 5.74) is 4.28. The van der Waals surface area contributed by atoms with E-state index < -0.39 is 0 Å². The minimum atomic E-state index is -0.118. The first-order chi connectivity index (χ1) is 11.7. The van der Waals surface area contributed by atoms with Crippen LogP contribution in [0.2, 0.25) is 0 Å². The third-order valence-electron chi connectivity index (χ3n) is 4.99. The van der Waals surface area contributed by atoms with E-state index in [9.17, 15) is 4.79 Å². The van der Waals surface area contributed by atoms with Crippen LogP contribution in [0.15, 0.2) is 52.9 Å². The van der Waals surface area contributed by atoms with Gasteiger partial charge in [0.25, 0.3) is 0 Å². The van der Waals surface area contributed by atoms with Gasteiger partial charge in [0.15, 0.2) is 0 Å². The van der Waals surface area contributed by atoms with Gasteiger partial charge in [0, 0.05) is 29.6 Å². The number of carbonyl (C=O) groups is 1. The van der Waals surface area contributed by atoms with E-state index in [-0.39, 0.29) is 11.8 Å². The fraction of sp³-hybridized carbons (Fsp3) is 0.286. The largest absolute Gasteiger partial charge is 0.461 e. The number of amides is 1. The summed E-state index contributed by atoms with van der Waals surface area (Å²) in [6.07, 6.45) is 1.54. The summed E-state index contributed by atoms with van der Waals surface area (Å²) in [6.45, 7) is 4.84. The molecule has 0 fully saturated rings. The second kappa shape index (κ2) is 5.82. The molecule has 1 aliphatic rings. The zero-order valence-electron chi connectivity index (χ0n) is 14.1. The Bertz CT molecular complexity index is 909. The highest BCUT2D eigenvalue weighted by Crippen LogP contribution is 2.40. The van der Waals surface area contributed by atoms with E-state index in [1.807, 2.05) is 48.2 Å². The molecule has 3 heteroatoms. The second-order valence-corrected chi connectivity index (χ2v) is 6.25. The van der Waals surface area contributed by atoms with E-state index in [4.69, 9.17) is 4.42 Å². The van der Waals surface area contributed by atoms with E-state index in [1.165, 1.54) is 5.56 Å². The molecule has 1 aromatic heterocycles. The monoisotopic (exact) mass is 319 g/mol. The number of benzene rings is 2. The van der Waals surface area contributed by atoms with E-state index in [2.05, 4.69) is 19.1 Å². The van der Waals surface area contributed by atoms with E-state index in [0.717, 1.165) is 34.4 Å². The van der Waals surface area contributed by atoms with Gasteiger partial charge in [0.2, 0.25) is 5.91 Å². The van der Waals surface area contributed by atoms with Gasteiger partial charge in [-0.1, -0.05) is 43.3 Å². The number of aryl methyl sites for hydroxylation is 1. The molecule has 1 aliphatic heterocycles. The highest BCUT2D eigenvalue weighted by Gasteiger charge is 2.37. The minimum absolute atomic E-state index is 0.118. The van der Waals surface area contributed by atoms with Crippen LogP contribution in [0.5, 0.6) is 0 Å². The summed E-state index contributed by atoms with van der Waals surface area (Å²) >= 11 is 0. The molecule has 0 bridgehead atoms. The zero-order chi connectivity index (χ0) is 16.7. The molecular formula is C21H21NO2. The molecule has 0 aliphatic carbocycles. The molecule has 3 nitrogen and oxygen atoms in total. The number of hydrogen-bond acceptors (Lipinski definition) is 2. The average molecular weight is 319 g/mol. The normalized spacial score (nSPS) is 16.8. The lowest BCUT2D eigenvalue weighted by molar-refractivity contribution is -0.119. The Labute approximate surface area is 141 Å². The van der Waals surface area contributed by atoms with E-state index in [1.54, 1.807) is 0 Å². The topological polar surface area (TPSA) is 33.5 Å². The maximum atomic E-state index is 13.0. The van der Waals surface area contributed by atoms with Gasteiger partial charge >= 0.3 is 0 Å². The van der Waals surface area contributed by atoms with Gasteiger partial charge in [-0.05, 0) is 31.0 Å². The number of rotatable bonds is 4. The lowest BCUT2D eigenvalue weighted by Crippen LogP contribution is -2.29. The van der Waals surface area contributed by atoms with E-state index in [0.29, 0.717) is 13.0 Å². The Morgan fingerprint density at radius 3 is 2.58 bits per heavy atom. The van der Waals surface area contributed by atoms with Crippen molar-refractivity contribution < 1.29 is 9.21 Å². The molecule has 2 aromatic carbocycles. The first kappa shape index (κ1) is 15.0. The van der Waals surface area contributed by atoms with Gasteiger partial charge in [-0.2, -0.15) is 0 Å². The predicted octanol–water partition coefficient (Wildman–Crippen LogP) is 4.69. The summed E-state index contributed by atoms with van der Waals surface area (Å²) in [5.74, 6) is 1.08. The lowest BCUT2D eigenvalue weighted by atomic mass is 9.91.